The summed E-state index contributed by atoms with van der Waals surface area (Å²) in [5.74, 6) is 0.750. The Morgan fingerprint density at radius 1 is 1.03 bits per heavy atom. The second-order valence-electron chi connectivity index (χ2n) is 9.51. The molecule has 2 aromatic carbocycles. The molecule has 0 unspecified atom stereocenters. The van der Waals surface area contributed by atoms with Crippen molar-refractivity contribution < 1.29 is 4.79 Å². The number of nitrogens with one attached hydrogen (secondary N) is 3. The Morgan fingerprint density at radius 2 is 1.70 bits per heavy atom. The molecule has 3 N–H and O–H groups in total. The van der Waals surface area contributed by atoms with Gasteiger partial charge >= 0.3 is 0 Å². The number of guanidine groups is 1. The summed E-state index contributed by atoms with van der Waals surface area (Å²) in [6, 6.07) is 18.8. The fraction of sp³-hybridized carbons (Fsp3) is 0.462. The molecule has 180 valence electrons. The normalized spacial score (nSPS) is 15.5. The molecule has 1 amide bonds. The van der Waals surface area contributed by atoms with E-state index >= 15 is 0 Å². The summed E-state index contributed by atoms with van der Waals surface area (Å²) in [7, 11) is 1.80. The highest BCUT2D eigenvalue weighted by atomic mass is 127. The van der Waals surface area contributed by atoms with Crippen LogP contribution in [0.1, 0.15) is 55.1 Å². The third-order valence-electron chi connectivity index (χ3n) is 5.54. The third kappa shape index (κ3) is 9.33. The molecule has 0 bridgehead atoms. The van der Waals surface area contributed by atoms with Gasteiger partial charge in [0.1, 0.15) is 0 Å². The minimum atomic E-state index is -0.256. The van der Waals surface area contributed by atoms with E-state index in [0.717, 1.165) is 44.0 Å². The van der Waals surface area contributed by atoms with Crippen LogP contribution in [0.4, 0.5) is 0 Å². The molecule has 33 heavy (non-hydrogen) atoms. The smallest absolute Gasteiger partial charge is 0.251 e. The van der Waals surface area contributed by atoms with Gasteiger partial charge in [-0.1, -0.05) is 42.5 Å². The molecule has 0 aliphatic carbocycles. The van der Waals surface area contributed by atoms with Gasteiger partial charge in [0.15, 0.2) is 5.96 Å². The first-order chi connectivity index (χ1) is 15.3. The van der Waals surface area contributed by atoms with E-state index in [1.54, 1.807) is 7.05 Å². The Labute approximate surface area is 215 Å². The van der Waals surface area contributed by atoms with Crippen LogP contribution in [0.2, 0.25) is 0 Å². The number of hydrogen-bond acceptors (Lipinski definition) is 3. The van der Waals surface area contributed by atoms with E-state index < -0.39 is 0 Å². The van der Waals surface area contributed by atoms with Gasteiger partial charge < -0.3 is 16.0 Å². The zero-order valence-electron chi connectivity index (χ0n) is 20.2. The third-order valence-corrected chi connectivity index (χ3v) is 5.54. The van der Waals surface area contributed by atoms with Crippen LogP contribution in [-0.2, 0) is 13.1 Å². The molecule has 6 nitrogen and oxygen atoms in total. The van der Waals surface area contributed by atoms with Crippen LogP contribution in [0.5, 0.6) is 0 Å². The fourth-order valence-electron chi connectivity index (χ4n) is 3.89. The molecule has 3 rings (SSSR count). The lowest BCUT2D eigenvalue weighted by Crippen LogP contribution is -2.48. The molecule has 2 aromatic rings. The van der Waals surface area contributed by atoms with Crippen LogP contribution in [-0.4, -0.2) is 48.5 Å². The lowest BCUT2D eigenvalue weighted by molar-refractivity contribution is 0.0919. The maximum Gasteiger partial charge on any atom is 0.251 e. The zero-order valence-corrected chi connectivity index (χ0v) is 22.6. The Balaban J connectivity index is 0.00000385. The summed E-state index contributed by atoms with van der Waals surface area (Å²) in [6.07, 6.45) is 2.19. The van der Waals surface area contributed by atoms with Gasteiger partial charge in [0.25, 0.3) is 5.91 Å². The summed E-state index contributed by atoms with van der Waals surface area (Å²) >= 11 is 0. The first-order valence-electron chi connectivity index (χ1n) is 11.5. The molecule has 7 heteroatoms. The Hall–Kier alpha value is -2.13. The summed E-state index contributed by atoms with van der Waals surface area (Å²) in [5.41, 5.74) is 2.84. The average molecular weight is 564 g/mol. The van der Waals surface area contributed by atoms with Crippen molar-refractivity contribution in [3.63, 3.8) is 0 Å². The summed E-state index contributed by atoms with van der Waals surface area (Å²) in [4.78, 5) is 19.3. The first-order valence-corrected chi connectivity index (χ1v) is 11.5. The summed E-state index contributed by atoms with van der Waals surface area (Å²) in [5, 5.41) is 9.97. The number of likely N-dealkylation sites (tertiary alicyclic amines) is 1. The Morgan fingerprint density at radius 3 is 2.33 bits per heavy atom. The van der Waals surface area contributed by atoms with Crippen molar-refractivity contribution in [3.05, 3.63) is 71.3 Å². The summed E-state index contributed by atoms with van der Waals surface area (Å²) in [6.45, 7) is 9.74. The highest BCUT2D eigenvalue weighted by Gasteiger charge is 2.20. The highest BCUT2D eigenvalue weighted by Crippen LogP contribution is 2.14. The molecular formula is C26H38IN5O. The zero-order chi connectivity index (χ0) is 23.0. The fourth-order valence-corrected chi connectivity index (χ4v) is 3.89. The number of carbonyl (C=O) groups excluding carboxylic acids is 1. The van der Waals surface area contributed by atoms with Gasteiger partial charge in [0, 0.05) is 50.4 Å². The van der Waals surface area contributed by atoms with Crippen LogP contribution >= 0.6 is 24.0 Å². The molecule has 1 heterocycles. The van der Waals surface area contributed by atoms with Crippen molar-refractivity contribution in [1.82, 2.24) is 20.9 Å². The van der Waals surface area contributed by atoms with Crippen molar-refractivity contribution >= 4 is 35.8 Å². The Bertz CT molecular complexity index is 902. The second kappa shape index (κ2) is 12.9. The largest absolute Gasteiger partial charge is 0.354 e. The molecule has 1 aliphatic rings. The standard InChI is InChI=1S/C26H37N5O.HI/c1-26(2,3)30-24(32)22-12-8-11-21(17-22)18-28-25(27-4)29-23-13-15-31(16-14-23)19-20-9-6-5-7-10-20;/h5-12,17,23H,13-16,18-19H2,1-4H3,(H,30,32)(H2,27,28,29);1H. The molecule has 0 radical (unpaired) electrons. The molecule has 1 saturated heterocycles. The minimum absolute atomic E-state index is 0. The van der Waals surface area contributed by atoms with E-state index in [4.69, 9.17) is 0 Å². The van der Waals surface area contributed by atoms with Gasteiger partial charge in [-0.25, -0.2) is 0 Å². The van der Waals surface area contributed by atoms with E-state index in [2.05, 4.69) is 56.2 Å². The van der Waals surface area contributed by atoms with E-state index in [1.165, 1.54) is 5.56 Å². The van der Waals surface area contributed by atoms with Gasteiger partial charge in [0.05, 0.1) is 0 Å². The van der Waals surface area contributed by atoms with Gasteiger partial charge in [-0.05, 0) is 56.9 Å². The second-order valence-corrected chi connectivity index (χ2v) is 9.51. The maximum atomic E-state index is 12.4. The lowest BCUT2D eigenvalue weighted by Gasteiger charge is -2.33. The van der Waals surface area contributed by atoms with Crippen LogP contribution in [0.3, 0.4) is 0 Å². The van der Waals surface area contributed by atoms with E-state index in [0.29, 0.717) is 18.2 Å². The number of halogens is 1. The highest BCUT2D eigenvalue weighted by molar-refractivity contribution is 14.0. The monoisotopic (exact) mass is 563 g/mol. The van der Waals surface area contributed by atoms with Crippen molar-refractivity contribution in [2.75, 3.05) is 20.1 Å². The number of amides is 1. The molecule has 0 spiro atoms. The van der Waals surface area contributed by atoms with Crippen LogP contribution < -0.4 is 16.0 Å². The summed E-state index contributed by atoms with van der Waals surface area (Å²) < 4.78 is 0. The number of piperidine rings is 1. The SMILES string of the molecule is CN=C(NCc1cccc(C(=O)NC(C)(C)C)c1)NC1CCN(Cc2ccccc2)CC1.I. The van der Waals surface area contributed by atoms with Crippen LogP contribution in [0.15, 0.2) is 59.6 Å². The number of hydrogen-bond donors (Lipinski definition) is 3. The quantitative estimate of drug-likeness (QED) is 0.281. The maximum absolute atomic E-state index is 12.4. The van der Waals surface area contributed by atoms with Gasteiger partial charge in [0.2, 0.25) is 0 Å². The van der Waals surface area contributed by atoms with E-state index in [9.17, 15) is 4.79 Å². The van der Waals surface area contributed by atoms with Gasteiger partial charge in [-0.3, -0.25) is 14.7 Å². The van der Waals surface area contributed by atoms with Crippen molar-refractivity contribution in [2.24, 2.45) is 4.99 Å². The van der Waals surface area contributed by atoms with Crippen molar-refractivity contribution in [1.29, 1.82) is 0 Å². The topological polar surface area (TPSA) is 68.8 Å². The predicted molar refractivity (Wildman–Crippen MR) is 147 cm³/mol. The van der Waals surface area contributed by atoms with Gasteiger partial charge in [-0.15, -0.1) is 24.0 Å². The average Bonchev–Trinajstić information content (AvgIpc) is 2.77. The lowest BCUT2D eigenvalue weighted by atomic mass is 10.0. The van der Waals surface area contributed by atoms with Crippen LogP contribution in [0.25, 0.3) is 0 Å². The number of rotatable bonds is 6. The van der Waals surface area contributed by atoms with Crippen molar-refractivity contribution in [2.45, 2.75) is 58.3 Å². The molecule has 0 saturated carbocycles. The number of nitrogens with zero attached hydrogens (tertiary/aromatic N) is 2. The van der Waals surface area contributed by atoms with Gasteiger partial charge in [-0.2, -0.15) is 0 Å². The number of aliphatic imine (C=N–C) groups is 1. The molecule has 0 aromatic heterocycles. The predicted octanol–water partition coefficient (Wildman–Crippen LogP) is 4.16. The molecule has 1 aliphatic heterocycles. The van der Waals surface area contributed by atoms with E-state index in [1.807, 2.05) is 45.0 Å². The van der Waals surface area contributed by atoms with E-state index in [-0.39, 0.29) is 35.4 Å². The number of carbonyl (C=O) groups is 1. The molecule has 1 fully saturated rings. The number of benzene rings is 2. The van der Waals surface area contributed by atoms with Crippen LogP contribution in [0, 0.1) is 0 Å². The Kier molecular flexibility index (Phi) is 10.6. The molecular weight excluding hydrogens is 525 g/mol. The first kappa shape index (κ1) is 27.1. The van der Waals surface area contributed by atoms with Crippen molar-refractivity contribution in [3.8, 4) is 0 Å². The minimum Gasteiger partial charge on any atom is -0.354 e. The molecule has 0 atom stereocenters.